The van der Waals surface area contributed by atoms with Crippen molar-refractivity contribution in [2.45, 2.75) is 0 Å². The van der Waals surface area contributed by atoms with E-state index in [1.807, 2.05) is 18.2 Å². The summed E-state index contributed by atoms with van der Waals surface area (Å²) in [4.78, 5) is 39.8. The number of amides is 4. The number of carbonyl (C=O) groups is 3. The highest BCUT2D eigenvalue weighted by molar-refractivity contribution is 5.93. The van der Waals surface area contributed by atoms with E-state index < -0.39 is 12.1 Å². The minimum atomic E-state index is -0.602. The zero-order valence-electron chi connectivity index (χ0n) is 16.8. The number of methoxy groups -OCH3 is 1. The molecule has 9 nitrogen and oxygen atoms in total. The van der Waals surface area contributed by atoms with E-state index in [2.05, 4.69) is 37.7 Å². The van der Waals surface area contributed by atoms with Gasteiger partial charge in [-0.3, -0.25) is 10.1 Å². The first-order chi connectivity index (χ1) is 14.5. The van der Waals surface area contributed by atoms with Crippen molar-refractivity contribution in [3.8, 4) is 0 Å². The number of anilines is 3. The van der Waals surface area contributed by atoms with Gasteiger partial charge in [0.05, 0.1) is 13.7 Å². The Balaban J connectivity index is 1.42. The number of hydrogen-bond acceptors (Lipinski definition) is 5. The molecule has 0 atom stereocenters. The largest absolute Gasteiger partial charge is 0.453 e. The lowest BCUT2D eigenvalue weighted by Gasteiger charge is -2.36. The lowest BCUT2D eigenvalue weighted by molar-refractivity contribution is -0.130. The molecule has 1 aliphatic rings. The number of ether oxygens (including phenoxy) is 1. The molecule has 30 heavy (non-hydrogen) atoms. The molecule has 0 unspecified atom stereocenters. The molecule has 9 heteroatoms. The number of rotatable bonds is 5. The van der Waals surface area contributed by atoms with Gasteiger partial charge in [-0.05, 0) is 30.3 Å². The Hall–Kier alpha value is -3.75. The number of carbonyl (C=O) groups excluding carboxylic acids is 3. The molecular formula is C21H25N5O4. The molecule has 0 aromatic heterocycles. The van der Waals surface area contributed by atoms with Crippen molar-refractivity contribution in [3.63, 3.8) is 0 Å². The summed E-state index contributed by atoms with van der Waals surface area (Å²) in [5.41, 5.74) is 2.10. The van der Waals surface area contributed by atoms with Crippen molar-refractivity contribution in [2.24, 2.45) is 0 Å². The molecule has 3 rings (SSSR count). The lowest BCUT2D eigenvalue weighted by Crippen LogP contribution is -2.51. The summed E-state index contributed by atoms with van der Waals surface area (Å²) < 4.78 is 4.53. The van der Waals surface area contributed by atoms with Gasteiger partial charge in [-0.25, -0.2) is 9.59 Å². The average molecular weight is 411 g/mol. The van der Waals surface area contributed by atoms with E-state index in [4.69, 9.17) is 0 Å². The van der Waals surface area contributed by atoms with Gasteiger partial charge in [-0.15, -0.1) is 0 Å². The highest BCUT2D eigenvalue weighted by Gasteiger charge is 2.21. The standard InChI is InChI=1S/C21H25N5O4/c1-30-21(29)24-17-7-5-6-16(14-17)23-20(28)22-15-19(27)26-12-10-25(11-13-26)18-8-3-2-4-9-18/h2-9,14H,10-13,15H2,1H3,(H,24,29)(H2,22,23,28). The number of nitrogens with zero attached hydrogens (tertiary/aromatic N) is 2. The van der Waals surface area contributed by atoms with E-state index in [9.17, 15) is 14.4 Å². The van der Waals surface area contributed by atoms with E-state index in [0.717, 1.165) is 18.8 Å². The minimum absolute atomic E-state index is 0.0860. The molecule has 1 fully saturated rings. The van der Waals surface area contributed by atoms with Gasteiger partial charge in [-0.1, -0.05) is 24.3 Å². The summed E-state index contributed by atoms with van der Waals surface area (Å²) >= 11 is 0. The third kappa shape index (κ3) is 5.87. The van der Waals surface area contributed by atoms with E-state index in [-0.39, 0.29) is 12.5 Å². The second-order valence-electron chi connectivity index (χ2n) is 6.71. The summed E-state index contributed by atoms with van der Waals surface area (Å²) in [6.45, 7) is 2.64. The third-order valence-electron chi connectivity index (χ3n) is 4.71. The molecule has 1 heterocycles. The molecule has 158 valence electrons. The van der Waals surface area contributed by atoms with Gasteiger partial charge in [0.15, 0.2) is 0 Å². The second-order valence-corrected chi connectivity index (χ2v) is 6.71. The zero-order valence-corrected chi connectivity index (χ0v) is 16.8. The van der Waals surface area contributed by atoms with Crippen LogP contribution in [0, 0.1) is 0 Å². The average Bonchev–Trinajstić information content (AvgIpc) is 2.78. The Morgan fingerprint density at radius 1 is 0.900 bits per heavy atom. The van der Waals surface area contributed by atoms with Gasteiger partial charge >= 0.3 is 12.1 Å². The Labute approximate surface area is 175 Å². The van der Waals surface area contributed by atoms with E-state index in [0.29, 0.717) is 24.5 Å². The summed E-state index contributed by atoms with van der Waals surface area (Å²) in [6.07, 6.45) is -0.602. The monoisotopic (exact) mass is 411 g/mol. The molecule has 1 saturated heterocycles. The number of benzene rings is 2. The SMILES string of the molecule is COC(=O)Nc1cccc(NC(=O)NCC(=O)N2CCN(c3ccccc3)CC2)c1. The molecule has 0 bridgehead atoms. The van der Waals surface area contributed by atoms with Crippen molar-refractivity contribution in [1.29, 1.82) is 0 Å². The molecule has 4 amide bonds. The first kappa shape index (κ1) is 21.0. The molecule has 0 aliphatic carbocycles. The Kier molecular flexibility index (Phi) is 7.09. The zero-order chi connectivity index (χ0) is 21.3. The quantitative estimate of drug-likeness (QED) is 0.701. The van der Waals surface area contributed by atoms with Crippen molar-refractivity contribution in [1.82, 2.24) is 10.2 Å². The fourth-order valence-electron chi connectivity index (χ4n) is 3.14. The van der Waals surface area contributed by atoms with Gasteiger partial charge in [0.1, 0.15) is 0 Å². The number of piperazine rings is 1. The maximum absolute atomic E-state index is 12.4. The normalized spacial score (nSPS) is 13.4. The summed E-state index contributed by atoms with van der Waals surface area (Å²) in [6, 6.07) is 16.2. The number of para-hydroxylation sites is 1. The van der Waals surface area contributed by atoms with Gasteiger partial charge in [-0.2, -0.15) is 0 Å². The smallest absolute Gasteiger partial charge is 0.411 e. The van der Waals surface area contributed by atoms with Gasteiger partial charge in [0.2, 0.25) is 5.91 Å². The molecule has 2 aromatic carbocycles. The van der Waals surface area contributed by atoms with Crippen LogP contribution in [-0.4, -0.2) is 62.8 Å². The van der Waals surface area contributed by atoms with Crippen molar-refractivity contribution >= 4 is 35.1 Å². The second kappa shape index (κ2) is 10.1. The first-order valence-corrected chi connectivity index (χ1v) is 9.63. The van der Waals surface area contributed by atoms with Crippen molar-refractivity contribution < 1.29 is 19.1 Å². The Morgan fingerprint density at radius 3 is 2.23 bits per heavy atom. The highest BCUT2D eigenvalue weighted by atomic mass is 16.5. The highest BCUT2D eigenvalue weighted by Crippen LogP contribution is 2.16. The van der Waals surface area contributed by atoms with Gasteiger partial charge in [0.25, 0.3) is 0 Å². The molecule has 3 N–H and O–H groups in total. The van der Waals surface area contributed by atoms with Crippen molar-refractivity contribution in [3.05, 3.63) is 54.6 Å². The molecule has 0 spiro atoms. The summed E-state index contributed by atoms with van der Waals surface area (Å²) in [5.74, 6) is -0.126. The predicted octanol–water partition coefficient (Wildman–Crippen LogP) is 2.34. The van der Waals surface area contributed by atoms with Gasteiger partial charge in [0, 0.05) is 43.2 Å². The maximum atomic E-state index is 12.4. The first-order valence-electron chi connectivity index (χ1n) is 9.63. The molecular weight excluding hydrogens is 386 g/mol. The predicted molar refractivity (Wildman–Crippen MR) is 115 cm³/mol. The van der Waals surface area contributed by atoms with E-state index >= 15 is 0 Å². The van der Waals surface area contributed by atoms with Crippen LogP contribution in [0.1, 0.15) is 0 Å². The van der Waals surface area contributed by atoms with Crippen LogP contribution in [0.25, 0.3) is 0 Å². The molecule has 0 saturated carbocycles. The summed E-state index contributed by atoms with van der Waals surface area (Å²) in [5, 5.41) is 7.73. The van der Waals surface area contributed by atoms with Crippen LogP contribution >= 0.6 is 0 Å². The fourth-order valence-corrected chi connectivity index (χ4v) is 3.14. The minimum Gasteiger partial charge on any atom is -0.453 e. The fraction of sp³-hybridized carbons (Fsp3) is 0.286. The summed E-state index contributed by atoms with van der Waals surface area (Å²) in [7, 11) is 1.27. The number of urea groups is 1. The van der Waals surface area contributed by atoms with Crippen LogP contribution in [0.2, 0.25) is 0 Å². The topological polar surface area (TPSA) is 103 Å². The van der Waals surface area contributed by atoms with E-state index in [1.54, 1.807) is 29.2 Å². The molecule has 2 aromatic rings. The number of nitrogens with one attached hydrogen (secondary N) is 3. The molecule has 1 aliphatic heterocycles. The molecule has 0 radical (unpaired) electrons. The van der Waals surface area contributed by atoms with Crippen LogP contribution in [-0.2, 0) is 9.53 Å². The van der Waals surface area contributed by atoms with Crippen LogP contribution in [0.4, 0.5) is 26.7 Å². The maximum Gasteiger partial charge on any atom is 0.411 e. The van der Waals surface area contributed by atoms with Gasteiger partial charge < -0.3 is 25.2 Å². The van der Waals surface area contributed by atoms with Crippen LogP contribution < -0.4 is 20.9 Å². The third-order valence-corrected chi connectivity index (χ3v) is 4.71. The number of hydrogen-bond donors (Lipinski definition) is 3. The lowest BCUT2D eigenvalue weighted by atomic mass is 10.2. The van der Waals surface area contributed by atoms with Crippen molar-refractivity contribution in [2.75, 3.05) is 55.4 Å². The van der Waals surface area contributed by atoms with Crippen LogP contribution in [0.3, 0.4) is 0 Å². The Morgan fingerprint density at radius 2 is 1.57 bits per heavy atom. The van der Waals surface area contributed by atoms with E-state index in [1.165, 1.54) is 7.11 Å². The van der Waals surface area contributed by atoms with Crippen LogP contribution in [0.15, 0.2) is 54.6 Å². The Bertz CT molecular complexity index is 882. The van der Waals surface area contributed by atoms with Crippen LogP contribution in [0.5, 0.6) is 0 Å².